The molecule has 1 heterocycles. The van der Waals surface area contributed by atoms with E-state index in [1.807, 2.05) is 6.92 Å². The fraction of sp³-hybridized carbons (Fsp3) is 0.538. The molecule has 1 aromatic carbocycles. The summed E-state index contributed by atoms with van der Waals surface area (Å²) >= 11 is 0. The Hall–Kier alpha value is -0.860. The number of benzene rings is 1. The van der Waals surface area contributed by atoms with Crippen LogP contribution in [-0.4, -0.2) is 19.8 Å². The second-order valence-corrected chi connectivity index (χ2v) is 3.94. The fourth-order valence-electron chi connectivity index (χ4n) is 2.20. The number of ether oxygens (including phenoxy) is 1. The summed E-state index contributed by atoms with van der Waals surface area (Å²) < 4.78 is 5.41. The summed E-state index contributed by atoms with van der Waals surface area (Å²) in [6.45, 7) is 4.80. The quantitative estimate of drug-likeness (QED) is 0.762. The zero-order chi connectivity index (χ0) is 10.5. The van der Waals surface area contributed by atoms with Gasteiger partial charge in [0.15, 0.2) is 0 Å². The van der Waals surface area contributed by atoms with Crippen LogP contribution in [0.25, 0.3) is 0 Å². The van der Waals surface area contributed by atoms with E-state index in [4.69, 9.17) is 4.74 Å². The summed E-state index contributed by atoms with van der Waals surface area (Å²) in [5.41, 5.74) is 2.96. The molecule has 1 aliphatic heterocycles. The molecule has 0 aromatic heterocycles. The van der Waals surface area contributed by atoms with E-state index in [0.29, 0.717) is 6.04 Å². The van der Waals surface area contributed by atoms with E-state index in [1.54, 1.807) is 0 Å². The summed E-state index contributed by atoms with van der Waals surface area (Å²) in [7, 11) is 0. The highest BCUT2D eigenvalue weighted by Gasteiger charge is 2.18. The van der Waals surface area contributed by atoms with Crippen molar-refractivity contribution in [2.75, 3.05) is 19.8 Å². The van der Waals surface area contributed by atoms with Crippen molar-refractivity contribution in [3.05, 3.63) is 35.4 Å². The van der Waals surface area contributed by atoms with E-state index >= 15 is 0 Å². The van der Waals surface area contributed by atoms with Crippen molar-refractivity contribution in [2.45, 2.75) is 25.8 Å². The molecule has 0 saturated carbocycles. The Morgan fingerprint density at radius 3 is 3.13 bits per heavy atom. The summed E-state index contributed by atoms with van der Waals surface area (Å²) in [5.74, 6) is 0. The Kier molecular flexibility index (Phi) is 3.75. The molecule has 82 valence electrons. The SMILES string of the molecule is CCOCCC1NCCc2ccccc21. The fourth-order valence-corrected chi connectivity index (χ4v) is 2.20. The van der Waals surface area contributed by atoms with Crippen LogP contribution in [0.2, 0.25) is 0 Å². The maximum Gasteiger partial charge on any atom is 0.0484 e. The van der Waals surface area contributed by atoms with E-state index in [2.05, 4.69) is 29.6 Å². The molecular formula is C13H19NO. The summed E-state index contributed by atoms with van der Waals surface area (Å²) in [5, 5.41) is 3.55. The predicted octanol–water partition coefficient (Wildman–Crippen LogP) is 2.30. The van der Waals surface area contributed by atoms with Crippen molar-refractivity contribution in [2.24, 2.45) is 0 Å². The monoisotopic (exact) mass is 205 g/mol. The number of nitrogens with one attached hydrogen (secondary N) is 1. The van der Waals surface area contributed by atoms with Crippen molar-refractivity contribution >= 4 is 0 Å². The van der Waals surface area contributed by atoms with E-state index in [0.717, 1.165) is 32.6 Å². The molecule has 0 spiro atoms. The van der Waals surface area contributed by atoms with Gasteiger partial charge in [0.2, 0.25) is 0 Å². The molecule has 0 saturated heterocycles. The molecule has 0 radical (unpaired) electrons. The molecule has 1 aliphatic rings. The summed E-state index contributed by atoms with van der Waals surface area (Å²) in [4.78, 5) is 0. The largest absolute Gasteiger partial charge is 0.382 e. The van der Waals surface area contributed by atoms with Crippen LogP contribution < -0.4 is 5.32 Å². The van der Waals surface area contributed by atoms with Crippen molar-refractivity contribution in [1.82, 2.24) is 5.32 Å². The number of hydrogen-bond acceptors (Lipinski definition) is 2. The van der Waals surface area contributed by atoms with Gasteiger partial charge in [0.05, 0.1) is 0 Å². The molecule has 0 bridgehead atoms. The first-order valence-electron chi connectivity index (χ1n) is 5.80. The molecule has 1 unspecified atom stereocenters. The molecule has 15 heavy (non-hydrogen) atoms. The molecule has 0 fully saturated rings. The number of fused-ring (bicyclic) bond motifs is 1. The van der Waals surface area contributed by atoms with Gasteiger partial charge in [-0.15, -0.1) is 0 Å². The molecule has 1 aromatic rings. The Bertz CT molecular complexity index is 311. The average Bonchev–Trinajstić information content (AvgIpc) is 2.30. The van der Waals surface area contributed by atoms with Crippen molar-refractivity contribution in [1.29, 1.82) is 0 Å². The third-order valence-corrected chi connectivity index (χ3v) is 2.97. The second kappa shape index (κ2) is 5.29. The first-order valence-corrected chi connectivity index (χ1v) is 5.80. The number of rotatable bonds is 4. The number of hydrogen-bond donors (Lipinski definition) is 1. The lowest BCUT2D eigenvalue weighted by molar-refractivity contribution is 0.135. The molecule has 2 rings (SSSR count). The molecule has 0 amide bonds. The highest BCUT2D eigenvalue weighted by atomic mass is 16.5. The minimum atomic E-state index is 0.487. The Morgan fingerprint density at radius 1 is 1.40 bits per heavy atom. The van der Waals surface area contributed by atoms with E-state index in [1.165, 1.54) is 11.1 Å². The van der Waals surface area contributed by atoms with Gasteiger partial charge in [-0.2, -0.15) is 0 Å². The van der Waals surface area contributed by atoms with Crippen molar-refractivity contribution in [3.63, 3.8) is 0 Å². The third kappa shape index (κ3) is 2.58. The lowest BCUT2D eigenvalue weighted by atomic mass is 9.93. The summed E-state index contributed by atoms with van der Waals surface area (Å²) in [6.07, 6.45) is 2.23. The van der Waals surface area contributed by atoms with Gasteiger partial charge in [-0.3, -0.25) is 0 Å². The van der Waals surface area contributed by atoms with Crippen LogP contribution in [0.5, 0.6) is 0 Å². The lowest BCUT2D eigenvalue weighted by Gasteiger charge is -2.26. The van der Waals surface area contributed by atoms with Crippen molar-refractivity contribution < 1.29 is 4.74 Å². The van der Waals surface area contributed by atoms with Crippen LogP contribution in [0.3, 0.4) is 0 Å². The Labute approximate surface area is 91.6 Å². The van der Waals surface area contributed by atoms with Crippen molar-refractivity contribution in [3.8, 4) is 0 Å². The Balaban J connectivity index is 2.02. The van der Waals surface area contributed by atoms with Crippen LogP contribution in [0.4, 0.5) is 0 Å². The highest BCUT2D eigenvalue weighted by molar-refractivity contribution is 5.32. The smallest absolute Gasteiger partial charge is 0.0484 e. The second-order valence-electron chi connectivity index (χ2n) is 3.94. The Morgan fingerprint density at radius 2 is 2.27 bits per heavy atom. The molecular weight excluding hydrogens is 186 g/mol. The first kappa shape index (κ1) is 10.7. The van der Waals surface area contributed by atoms with Gasteiger partial charge in [-0.05, 0) is 37.4 Å². The van der Waals surface area contributed by atoms with Crippen LogP contribution in [0, 0.1) is 0 Å². The van der Waals surface area contributed by atoms with Crippen LogP contribution in [-0.2, 0) is 11.2 Å². The zero-order valence-electron chi connectivity index (χ0n) is 9.33. The standard InChI is InChI=1S/C13H19NO/c1-2-15-10-8-13-12-6-4-3-5-11(12)7-9-14-13/h3-6,13-14H,2,7-10H2,1H3. The minimum Gasteiger partial charge on any atom is -0.382 e. The molecule has 1 N–H and O–H groups in total. The van der Waals surface area contributed by atoms with Gasteiger partial charge < -0.3 is 10.1 Å². The zero-order valence-corrected chi connectivity index (χ0v) is 9.33. The molecule has 2 heteroatoms. The topological polar surface area (TPSA) is 21.3 Å². The minimum absolute atomic E-state index is 0.487. The lowest BCUT2D eigenvalue weighted by Crippen LogP contribution is -2.30. The van der Waals surface area contributed by atoms with E-state index in [9.17, 15) is 0 Å². The van der Waals surface area contributed by atoms with E-state index < -0.39 is 0 Å². The van der Waals surface area contributed by atoms with Gasteiger partial charge in [0, 0.05) is 19.3 Å². The first-order chi connectivity index (χ1) is 7.42. The maximum absolute atomic E-state index is 5.41. The van der Waals surface area contributed by atoms with Gasteiger partial charge >= 0.3 is 0 Å². The maximum atomic E-state index is 5.41. The highest BCUT2D eigenvalue weighted by Crippen LogP contribution is 2.24. The average molecular weight is 205 g/mol. The van der Waals surface area contributed by atoms with E-state index in [-0.39, 0.29) is 0 Å². The predicted molar refractivity (Wildman–Crippen MR) is 62.0 cm³/mol. The third-order valence-electron chi connectivity index (χ3n) is 2.97. The van der Waals surface area contributed by atoms with Gasteiger partial charge in [0.25, 0.3) is 0 Å². The normalized spacial score (nSPS) is 19.9. The van der Waals surface area contributed by atoms with Gasteiger partial charge in [0.1, 0.15) is 0 Å². The molecule has 0 aliphatic carbocycles. The van der Waals surface area contributed by atoms with Crippen LogP contribution in [0.1, 0.15) is 30.5 Å². The van der Waals surface area contributed by atoms with Crippen LogP contribution >= 0.6 is 0 Å². The van der Waals surface area contributed by atoms with Gasteiger partial charge in [-0.25, -0.2) is 0 Å². The molecule has 2 nitrogen and oxygen atoms in total. The molecule has 1 atom stereocenters. The summed E-state index contributed by atoms with van der Waals surface area (Å²) in [6, 6.07) is 9.21. The van der Waals surface area contributed by atoms with Crippen LogP contribution in [0.15, 0.2) is 24.3 Å². The van der Waals surface area contributed by atoms with Gasteiger partial charge in [-0.1, -0.05) is 24.3 Å².